The molecule has 0 saturated carbocycles. The number of ketones is 1. The van der Waals surface area contributed by atoms with E-state index in [0.29, 0.717) is 17.4 Å². The number of carbonyl (C=O) groups is 2. The Morgan fingerprint density at radius 3 is 2.68 bits per heavy atom. The lowest BCUT2D eigenvalue weighted by molar-refractivity contribution is -0.123. The average Bonchev–Trinajstić information content (AvgIpc) is 2.89. The van der Waals surface area contributed by atoms with Gasteiger partial charge < -0.3 is 10.6 Å². The van der Waals surface area contributed by atoms with E-state index in [1.807, 2.05) is 18.2 Å². The maximum atomic E-state index is 12.1. The van der Waals surface area contributed by atoms with Gasteiger partial charge in [0.25, 0.3) is 0 Å². The molecule has 2 N–H and O–H groups in total. The van der Waals surface area contributed by atoms with Crippen LogP contribution in [0.2, 0.25) is 0 Å². The van der Waals surface area contributed by atoms with Crippen molar-refractivity contribution in [3.63, 3.8) is 0 Å². The third-order valence-electron chi connectivity index (χ3n) is 2.52. The fourth-order valence-corrected chi connectivity index (χ4v) is 2.52. The number of thioether (sulfide) groups is 1. The van der Waals surface area contributed by atoms with Crippen molar-refractivity contribution in [2.24, 2.45) is 4.99 Å². The summed E-state index contributed by atoms with van der Waals surface area (Å²) in [4.78, 5) is 27.9. The SMILES string of the molecule is CC(=O)[C@H](SC1=NCCN1)C(=O)Nc1ccccc1. The molecule has 0 saturated heterocycles. The number of amidine groups is 1. The Kier molecular flexibility index (Phi) is 4.57. The zero-order chi connectivity index (χ0) is 13.7. The quantitative estimate of drug-likeness (QED) is 0.813. The van der Waals surface area contributed by atoms with Gasteiger partial charge in [0, 0.05) is 12.2 Å². The molecule has 19 heavy (non-hydrogen) atoms. The Bertz CT molecular complexity index is 502. The summed E-state index contributed by atoms with van der Waals surface area (Å²) in [6, 6.07) is 9.09. The van der Waals surface area contributed by atoms with Crippen LogP contribution in [-0.2, 0) is 9.59 Å². The van der Waals surface area contributed by atoms with E-state index in [1.165, 1.54) is 18.7 Å². The minimum absolute atomic E-state index is 0.185. The molecule has 2 rings (SSSR count). The van der Waals surface area contributed by atoms with Crippen molar-refractivity contribution in [3.05, 3.63) is 30.3 Å². The van der Waals surface area contributed by atoms with Gasteiger partial charge in [-0.2, -0.15) is 0 Å². The van der Waals surface area contributed by atoms with Crippen molar-refractivity contribution in [2.45, 2.75) is 12.2 Å². The van der Waals surface area contributed by atoms with E-state index in [2.05, 4.69) is 15.6 Å². The molecule has 0 aromatic heterocycles. The number of nitrogens with zero attached hydrogens (tertiary/aromatic N) is 1. The summed E-state index contributed by atoms with van der Waals surface area (Å²) in [5.74, 6) is -0.505. The zero-order valence-electron chi connectivity index (χ0n) is 10.6. The molecule has 1 heterocycles. The van der Waals surface area contributed by atoms with E-state index in [-0.39, 0.29) is 11.7 Å². The average molecular weight is 277 g/mol. The van der Waals surface area contributed by atoms with Crippen LogP contribution in [0.1, 0.15) is 6.92 Å². The second-order valence-corrected chi connectivity index (χ2v) is 5.17. The van der Waals surface area contributed by atoms with Crippen LogP contribution in [-0.4, -0.2) is 35.2 Å². The predicted molar refractivity (Wildman–Crippen MR) is 77.4 cm³/mol. The van der Waals surface area contributed by atoms with Crippen LogP contribution < -0.4 is 10.6 Å². The maximum absolute atomic E-state index is 12.1. The van der Waals surface area contributed by atoms with E-state index in [4.69, 9.17) is 0 Å². The number of amides is 1. The number of nitrogens with one attached hydrogen (secondary N) is 2. The van der Waals surface area contributed by atoms with Crippen molar-refractivity contribution in [1.82, 2.24) is 5.32 Å². The molecule has 1 aliphatic rings. The van der Waals surface area contributed by atoms with Crippen LogP contribution in [0.4, 0.5) is 5.69 Å². The predicted octanol–water partition coefficient (Wildman–Crippen LogP) is 1.28. The molecule has 0 fully saturated rings. The Morgan fingerprint density at radius 1 is 1.37 bits per heavy atom. The Labute approximate surface area is 115 Å². The maximum Gasteiger partial charge on any atom is 0.245 e. The molecule has 0 spiro atoms. The molecule has 100 valence electrons. The number of hydrogen-bond acceptors (Lipinski definition) is 5. The standard InChI is InChI=1S/C13H15N3O2S/c1-9(17)11(19-13-14-7-8-15-13)12(18)16-10-5-3-2-4-6-10/h2-6,11H,7-8H2,1H3,(H,14,15)(H,16,18)/t11-/m0/s1. The summed E-state index contributed by atoms with van der Waals surface area (Å²) < 4.78 is 0. The molecule has 5 nitrogen and oxygen atoms in total. The van der Waals surface area contributed by atoms with Crippen LogP contribution in [0.3, 0.4) is 0 Å². The molecular formula is C13H15N3O2S. The Hall–Kier alpha value is -1.82. The lowest BCUT2D eigenvalue weighted by Gasteiger charge is -2.13. The summed E-state index contributed by atoms with van der Waals surface area (Å²) in [7, 11) is 0. The lowest BCUT2D eigenvalue weighted by Crippen LogP contribution is -2.33. The number of aliphatic imine (C=N–C) groups is 1. The van der Waals surface area contributed by atoms with Gasteiger partial charge in [0.1, 0.15) is 5.25 Å². The molecule has 1 aromatic rings. The van der Waals surface area contributed by atoms with Gasteiger partial charge in [0.2, 0.25) is 5.91 Å². The molecular weight excluding hydrogens is 262 g/mol. The highest BCUT2D eigenvalue weighted by molar-refractivity contribution is 8.15. The monoisotopic (exact) mass is 277 g/mol. The van der Waals surface area contributed by atoms with Gasteiger partial charge in [-0.25, -0.2) is 0 Å². The van der Waals surface area contributed by atoms with Crippen molar-refractivity contribution in [3.8, 4) is 0 Å². The van der Waals surface area contributed by atoms with Gasteiger partial charge in [-0.1, -0.05) is 30.0 Å². The first-order valence-corrected chi connectivity index (χ1v) is 6.86. The Balaban J connectivity index is 2.02. The number of carbonyl (C=O) groups excluding carboxylic acids is 2. The number of hydrogen-bond donors (Lipinski definition) is 2. The van der Waals surface area contributed by atoms with E-state index in [0.717, 1.165) is 6.54 Å². The van der Waals surface area contributed by atoms with Gasteiger partial charge in [0.05, 0.1) is 6.54 Å². The number of para-hydroxylation sites is 1. The van der Waals surface area contributed by atoms with Crippen LogP contribution in [0, 0.1) is 0 Å². The summed E-state index contributed by atoms with van der Waals surface area (Å²) >= 11 is 1.17. The molecule has 1 amide bonds. The zero-order valence-corrected chi connectivity index (χ0v) is 11.4. The highest BCUT2D eigenvalue weighted by atomic mass is 32.2. The first-order chi connectivity index (χ1) is 9.16. The molecule has 0 aliphatic carbocycles. The van der Waals surface area contributed by atoms with Crippen LogP contribution >= 0.6 is 11.8 Å². The van der Waals surface area contributed by atoms with E-state index >= 15 is 0 Å². The largest absolute Gasteiger partial charge is 0.363 e. The summed E-state index contributed by atoms with van der Waals surface area (Å²) in [6.45, 7) is 2.86. The third-order valence-corrected chi connectivity index (χ3v) is 3.80. The normalized spacial score (nSPS) is 15.3. The second-order valence-electron chi connectivity index (χ2n) is 4.08. The van der Waals surface area contributed by atoms with Crippen molar-refractivity contribution in [2.75, 3.05) is 18.4 Å². The first-order valence-electron chi connectivity index (χ1n) is 5.98. The van der Waals surface area contributed by atoms with Crippen LogP contribution in [0.25, 0.3) is 0 Å². The number of anilines is 1. The second kappa shape index (κ2) is 6.38. The molecule has 0 bridgehead atoms. The number of benzene rings is 1. The van der Waals surface area contributed by atoms with Crippen molar-refractivity contribution < 1.29 is 9.59 Å². The Morgan fingerprint density at radius 2 is 2.11 bits per heavy atom. The summed E-state index contributed by atoms with van der Waals surface area (Å²) in [6.07, 6.45) is 0. The fourth-order valence-electron chi connectivity index (χ4n) is 1.62. The van der Waals surface area contributed by atoms with E-state index in [1.54, 1.807) is 12.1 Å². The van der Waals surface area contributed by atoms with Crippen LogP contribution in [0.5, 0.6) is 0 Å². The van der Waals surface area contributed by atoms with Crippen LogP contribution in [0.15, 0.2) is 35.3 Å². The third kappa shape index (κ3) is 3.82. The summed E-state index contributed by atoms with van der Waals surface area (Å²) in [5, 5.41) is 5.66. The highest BCUT2D eigenvalue weighted by Crippen LogP contribution is 2.17. The molecule has 1 atom stereocenters. The number of Topliss-reactive ketones (excluding diaryl/α,β-unsaturated/α-hetero) is 1. The minimum Gasteiger partial charge on any atom is -0.363 e. The van der Waals surface area contributed by atoms with Crippen molar-refractivity contribution >= 4 is 34.3 Å². The van der Waals surface area contributed by atoms with Gasteiger partial charge in [-0.05, 0) is 19.1 Å². The van der Waals surface area contributed by atoms with Gasteiger partial charge in [-0.3, -0.25) is 14.6 Å². The number of rotatable bonds is 4. The minimum atomic E-state index is -0.774. The molecule has 1 aliphatic heterocycles. The van der Waals surface area contributed by atoms with Gasteiger partial charge in [-0.15, -0.1) is 0 Å². The van der Waals surface area contributed by atoms with E-state index in [9.17, 15) is 9.59 Å². The van der Waals surface area contributed by atoms with Gasteiger partial charge >= 0.3 is 0 Å². The highest BCUT2D eigenvalue weighted by Gasteiger charge is 2.27. The molecule has 1 aromatic carbocycles. The molecule has 0 unspecified atom stereocenters. The molecule has 6 heteroatoms. The topological polar surface area (TPSA) is 70.6 Å². The fraction of sp³-hybridized carbons (Fsp3) is 0.308. The van der Waals surface area contributed by atoms with E-state index < -0.39 is 5.25 Å². The lowest BCUT2D eigenvalue weighted by atomic mass is 10.2. The molecule has 0 radical (unpaired) electrons. The van der Waals surface area contributed by atoms with Gasteiger partial charge in [0.15, 0.2) is 11.0 Å². The van der Waals surface area contributed by atoms with Crippen molar-refractivity contribution in [1.29, 1.82) is 0 Å². The smallest absolute Gasteiger partial charge is 0.245 e. The summed E-state index contributed by atoms with van der Waals surface area (Å²) in [5.41, 5.74) is 0.681. The first kappa shape index (κ1) is 13.6.